The Morgan fingerprint density at radius 3 is 2.73 bits per heavy atom. The van der Waals surface area contributed by atoms with Crippen LogP contribution in [-0.2, 0) is 6.42 Å². The van der Waals surface area contributed by atoms with E-state index in [1.807, 2.05) is 6.92 Å². The van der Waals surface area contributed by atoms with E-state index in [1.54, 1.807) is 11.3 Å². The first-order valence-corrected chi connectivity index (χ1v) is 5.13. The van der Waals surface area contributed by atoms with E-state index in [0.29, 0.717) is 0 Å². The van der Waals surface area contributed by atoms with Crippen LogP contribution in [0.15, 0.2) is 10.5 Å². The smallest absolute Gasteiger partial charge is 0.0560 e. The van der Waals surface area contributed by atoms with E-state index < -0.39 is 0 Å². The highest BCUT2D eigenvalue weighted by atomic mass is 79.9. The number of thiophene rings is 1. The van der Waals surface area contributed by atoms with Crippen molar-refractivity contribution in [2.45, 2.75) is 26.4 Å². The minimum atomic E-state index is -0.236. The minimum Gasteiger partial charge on any atom is -0.393 e. The zero-order valence-electron chi connectivity index (χ0n) is 6.60. The molecule has 0 aliphatic carbocycles. The fraction of sp³-hybridized carbons (Fsp3) is 0.500. The second-order valence-electron chi connectivity index (χ2n) is 2.67. The van der Waals surface area contributed by atoms with Gasteiger partial charge in [0, 0.05) is 20.6 Å². The number of halogens is 1. The van der Waals surface area contributed by atoms with Gasteiger partial charge in [-0.1, -0.05) is 0 Å². The van der Waals surface area contributed by atoms with E-state index >= 15 is 0 Å². The van der Waals surface area contributed by atoms with Crippen LogP contribution in [0.3, 0.4) is 0 Å². The number of rotatable bonds is 2. The predicted molar refractivity (Wildman–Crippen MR) is 52.1 cm³/mol. The SMILES string of the molecule is Cc1sc(CC(C)O)cc1Br. The molecular weight excluding hydrogens is 224 g/mol. The van der Waals surface area contributed by atoms with Crippen molar-refractivity contribution in [1.82, 2.24) is 0 Å². The molecule has 1 aromatic heterocycles. The molecule has 1 unspecified atom stereocenters. The second kappa shape index (κ2) is 3.70. The Kier molecular flexibility index (Phi) is 3.10. The van der Waals surface area contributed by atoms with Crippen molar-refractivity contribution in [1.29, 1.82) is 0 Å². The van der Waals surface area contributed by atoms with Crippen LogP contribution in [0, 0.1) is 6.92 Å². The monoisotopic (exact) mass is 234 g/mol. The standard InChI is InChI=1S/C8H11BrOS/c1-5(10)3-7-4-8(9)6(2)11-7/h4-5,10H,3H2,1-2H3. The molecule has 0 radical (unpaired) electrons. The molecule has 0 saturated carbocycles. The molecule has 0 bridgehead atoms. The lowest BCUT2D eigenvalue weighted by Crippen LogP contribution is -2.01. The summed E-state index contributed by atoms with van der Waals surface area (Å²) in [6, 6.07) is 2.08. The molecule has 0 amide bonds. The lowest BCUT2D eigenvalue weighted by atomic mass is 10.2. The number of aryl methyl sites for hydroxylation is 1. The molecule has 1 heterocycles. The molecule has 1 rings (SSSR count). The van der Waals surface area contributed by atoms with E-state index in [9.17, 15) is 0 Å². The van der Waals surface area contributed by atoms with Crippen LogP contribution in [0.4, 0.5) is 0 Å². The van der Waals surface area contributed by atoms with Gasteiger partial charge in [0.2, 0.25) is 0 Å². The Morgan fingerprint density at radius 2 is 2.36 bits per heavy atom. The van der Waals surface area contributed by atoms with E-state index in [2.05, 4.69) is 28.9 Å². The molecular formula is C8H11BrOS. The summed E-state index contributed by atoms with van der Waals surface area (Å²) in [5, 5.41) is 9.10. The van der Waals surface area contributed by atoms with Crippen molar-refractivity contribution in [2.75, 3.05) is 0 Å². The van der Waals surface area contributed by atoms with Gasteiger partial charge in [0.1, 0.15) is 0 Å². The Morgan fingerprint density at radius 1 is 1.73 bits per heavy atom. The van der Waals surface area contributed by atoms with Crippen LogP contribution < -0.4 is 0 Å². The van der Waals surface area contributed by atoms with Gasteiger partial charge in [-0.05, 0) is 35.8 Å². The Balaban J connectivity index is 2.73. The quantitative estimate of drug-likeness (QED) is 0.835. The lowest BCUT2D eigenvalue weighted by Gasteiger charge is -1.98. The second-order valence-corrected chi connectivity index (χ2v) is 4.87. The average molecular weight is 235 g/mol. The van der Waals surface area contributed by atoms with Crippen LogP contribution >= 0.6 is 27.3 Å². The van der Waals surface area contributed by atoms with Gasteiger partial charge >= 0.3 is 0 Å². The third-order valence-electron chi connectivity index (χ3n) is 1.40. The molecule has 62 valence electrons. The number of hydrogen-bond donors (Lipinski definition) is 1. The molecule has 0 aliphatic rings. The predicted octanol–water partition coefficient (Wildman–Crippen LogP) is 2.74. The topological polar surface area (TPSA) is 20.2 Å². The summed E-state index contributed by atoms with van der Waals surface area (Å²) in [5.41, 5.74) is 0. The maximum absolute atomic E-state index is 9.10. The van der Waals surface area contributed by atoms with E-state index in [-0.39, 0.29) is 6.10 Å². The molecule has 3 heteroatoms. The summed E-state index contributed by atoms with van der Waals surface area (Å²) >= 11 is 5.17. The normalized spacial score (nSPS) is 13.5. The van der Waals surface area contributed by atoms with Gasteiger partial charge in [-0.3, -0.25) is 0 Å². The molecule has 0 saturated heterocycles. The maximum Gasteiger partial charge on any atom is 0.0560 e. The zero-order chi connectivity index (χ0) is 8.43. The maximum atomic E-state index is 9.10. The number of hydrogen-bond acceptors (Lipinski definition) is 2. The highest BCUT2D eigenvalue weighted by molar-refractivity contribution is 9.10. The van der Waals surface area contributed by atoms with Gasteiger partial charge in [0.05, 0.1) is 6.10 Å². The number of aliphatic hydroxyl groups excluding tert-OH is 1. The summed E-state index contributed by atoms with van der Waals surface area (Å²) in [4.78, 5) is 2.52. The zero-order valence-corrected chi connectivity index (χ0v) is 9.00. The summed E-state index contributed by atoms with van der Waals surface area (Å²) < 4.78 is 1.15. The first-order chi connectivity index (χ1) is 5.09. The molecule has 1 atom stereocenters. The Hall–Kier alpha value is 0.140. The lowest BCUT2D eigenvalue weighted by molar-refractivity contribution is 0.196. The highest BCUT2D eigenvalue weighted by Gasteiger charge is 2.04. The van der Waals surface area contributed by atoms with Crippen molar-refractivity contribution in [3.8, 4) is 0 Å². The van der Waals surface area contributed by atoms with Gasteiger partial charge in [-0.15, -0.1) is 11.3 Å². The van der Waals surface area contributed by atoms with Crippen molar-refractivity contribution >= 4 is 27.3 Å². The van der Waals surface area contributed by atoms with Gasteiger partial charge in [-0.25, -0.2) is 0 Å². The van der Waals surface area contributed by atoms with E-state index in [1.165, 1.54) is 9.75 Å². The average Bonchev–Trinajstić information content (AvgIpc) is 2.10. The van der Waals surface area contributed by atoms with Gasteiger partial charge < -0.3 is 5.11 Å². The molecule has 0 aliphatic heterocycles. The van der Waals surface area contributed by atoms with Gasteiger partial charge in [0.15, 0.2) is 0 Å². The summed E-state index contributed by atoms with van der Waals surface area (Å²) in [6.07, 6.45) is 0.525. The molecule has 0 fully saturated rings. The van der Waals surface area contributed by atoms with Crippen molar-refractivity contribution < 1.29 is 5.11 Å². The molecule has 0 spiro atoms. The van der Waals surface area contributed by atoms with Crippen molar-refractivity contribution in [2.24, 2.45) is 0 Å². The first-order valence-electron chi connectivity index (χ1n) is 3.52. The highest BCUT2D eigenvalue weighted by Crippen LogP contribution is 2.26. The van der Waals surface area contributed by atoms with E-state index in [0.717, 1.165) is 10.9 Å². The molecule has 0 aromatic carbocycles. The fourth-order valence-corrected chi connectivity index (χ4v) is 2.63. The van der Waals surface area contributed by atoms with Crippen LogP contribution in [-0.4, -0.2) is 11.2 Å². The first kappa shape index (κ1) is 9.23. The number of aliphatic hydroxyl groups is 1. The van der Waals surface area contributed by atoms with Crippen LogP contribution in [0.1, 0.15) is 16.7 Å². The van der Waals surface area contributed by atoms with Gasteiger partial charge in [0.25, 0.3) is 0 Å². The van der Waals surface area contributed by atoms with E-state index in [4.69, 9.17) is 5.11 Å². The Bertz CT molecular complexity index is 223. The third-order valence-corrected chi connectivity index (χ3v) is 3.56. The van der Waals surface area contributed by atoms with Crippen molar-refractivity contribution in [3.63, 3.8) is 0 Å². The van der Waals surface area contributed by atoms with Crippen molar-refractivity contribution in [3.05, 3.63) is 20.3 Å². The Labute approximate surface area is 79.2 Å². The summed E-state index contributed by atoms with van der Waals surface area (Å²) in [5.74, 6) is 0. The van der Waals surface area contributed by atoms with Gasteiger partial charge in [-0.2, -0.15) is 0 Å². The largest absolute Gasteiger partial charge is 0.393 e. The van der Waals surface area contributed by atoms with Crippen LogP contribution in [0.25, 0.3) is 0 Å². The molecule has 1 nitrogen and oxygen atoms in total. The van der Waals surface area contributed by atoms with Crippen LogP contribution in [0.2, 0.25) is 0 Å². The summed E-state index contributed by atoms with van der Waals surface area (Å²) in [7, 11) is 0. The van der Waals surface area contributed by atoms with Crippen LogP contribution in [0.5, 0.6) is 0 Å². The molecule has 1 aromatic rings. The fourth-order valence-electron chi connectivity index (χ4n) is 0.910. The summed E-state index contributed by atoms with van der Waals surface area (Å²) in [6.45, 7) is 3.88. The molecule has 11 heavy (non-hydrogen) atoms. The third kappa shape index (κ3) is 2.58. The molecule has 1 N–H and O–H groups in total. The minimum absolute atomic E-state index is 0.236.